The SMILES string of the molecule is CC1(C(=O)N2CCC3(CC2)OCCO3)CCCC1. The van der Waals surface area contributed by atoms with E-state index in [1.807, 2.05) is 4.90 Å². The van der Waals surface area contributed by atoms with Gasteiger partial charge in [-0.25, -0.2) is 0 Å². The molecule has 0 unspecified atom stereocenters. The van der Waals surface area contributed by atoms with Crippen molar-refractivity contribution < 1.29 is 14.3 Å². The molecular weight excluding hydrogens is 230 g/mol. The molecule has 3 aliphatic rings. The lowest BCUT2D eigenvalue weighted by Gasteiger charge is -2.40. The maximum Gasteiger partial charge on any atom is 0.228 e. The van der Waals surface area contributed by atoms with Crippen LogP contribution in [0.4, 0.5) is 0 Å². The highest BCUT2D eigenvalue weighted by molar-refractivity contribution is 5.82. The molecule has 0 radical (unpaired) electrons. The van der Waals surface area contributed by atoms with Crippen LogP contribution in [0.15, 0.2) is 0 Å². The van der Waals surface area contributed by atoms with Crippen LogP contribution in [0.25, 0.3) is 0 Å². The predicted molar refractivity (Wildman–Crippen MR) is 67.0 cm³/mol. The fraction of sp³-hybridized carbons (Fsp3) is 0.929. The highest BCUT2D eigenvalue weighted by atomic mass is 16.7. The summed E-state index contributed by atoms with van der Waals surface area (Å²) in [6, 6.07) is 0. The highest BCUT2D eigenvalue weighted by Crippen LogP contribution is 2.40. The largest absolute Gasteiger partial charge is 0.347 e. The predicted octanol–water partition coefficient (Wildman–Crippen LogP) is 1.93. The molecule has 3 rings (SSSR count). The number of piperidine rings is 1. The fourth-order valence-electron chi connectivity index (χ4n) is 3.59. The van der Waals surface area contributed by atoms with E-state index in [-0.39, 0.29) is 11.2 Å². The Bertz CT molecular complexity index is 320. The van der Waals surface area contributed by atoms with Crippen molar-refractivity contribution in [2.75, 3.05) is 26.3 Å². The maximum absolute atomic E-state index is 12.6. The molecule has 102 valence electrons. The first-order valence-electron chi connectivity index (χ1n) is 7.21. The summed E-state index contributed by atoms with van der Waals surface area (Å²) in [7, 11) is 0. The van der Waals surface area contributed by atoms with Gasteiger partial charge in [-0.3, -0.25) is 4.79 Å². The molecule has 2 saturated heterocycles. The van der Waals surface area contributed by atoms with Crippen molar-refractivity contribution in [3.63, 3.8) is 0 Å². The number of carbonyl (C=O) groups excluding carboxylic acids is 1. The second-order valence-corrected chi connectivity index (χ2v) is 6.17. The van der Waals surface area contributed by atoms with Gasteiger partial charge < -0.3 is 14.4 Å². The van der Waals surface area contributed by atoms with Gasteiger partial charge in [0.1, 0.15) is 0 Å². The number of ether oxygens (including phenoxy) is 2. The fourth-order valence-corrected chi connectivity index (χ4v) is 3.59. The van der Waals surface area contributed by atoms with Crippen molar-refractivity contribution in [2.45, 2.75) is 51.2 Å². The van der Waals surface area contributed by atoms with E-state index in [1.165, 1.54) is 12.8 Å². The summed E-state index contributed by atoms with van der Waals surface area (Å²) >= 11 is 0. The third kappa shape index (κ3) is 2.05. The van der Waals surface area contributed by atoms with Gasteiger partial charge in [0.05, 0.1) is 13.2 Å². The number of amides is 1. The zero-order valence-electron chi connectivity index (χ0n) is 11.2. The Balaban J connectivity index is 1.60. The van der Waals surface area contributed by atoms with Crippen LogP contribution in [-0.2, 0) is 14.3 Å². The molecule has 3 fully saturated rings. The zero-order chi connectivity index (χ0) is 12.6. The Hall–Kier alpha value is -0.610. The van der Waals surface area contributed by atoms with Gasteiger partial charge in [0.2, 0.25) is 5.91 Å². The van der Waals surface area contributed by atoms with Crippen LogP contribution in [0.2, 0.25) is 0 Å². The van der Waals surface area contributed by atoms with Crippen molar-refractivity contribution in [3.05, 3.63) is 0 Å². The molecule has 18 heavy (non-hydrogen) atoms. The van der Waals surface area contributed by atoms with E-state index in [4.69, 9.17) is 9.47 Å². The molecule has 4 nitrogen and oxygen atoms in total. The summed E-state index contributed by atoms with van der Waals surface area (Å²) in [5, 5.41) is 0. The lowest BCUT2D eigenvalue weighted by atomic mass is 9.86. The van der Waals surface area contributed by atoms with Crippen LogP contribution >= 0.6 is 0 Å². The molecular formula is C14H23NO3. The van der Waals surface area contributed by atoms with Crippen LogP contribution in [0.3, 0.4) is 0 Å². The first-order valence-corrected chi connectivity index (χ1v) is 7.21. The summed E-state index contributed by atoms with van der Waals surface area (Å²) < 4.78 is 11.4. The molecule has 0 aromatic rings. The second kappa shape index (κ2) is 4.49. The highest BCUT2D eigenvalue weighted by Gasteiger charge is 2.44. The van der Waals surface area contributed by atoms with Crippen molar-refractivity contribution in [1.82, 2.24) is 4.90 Å². The summed E-state index contributed by atoms with van der Waals surface area (Å²) in [6.07, 6.45) is 6.17. The van der Waals surface area contributed by atoms with Gasteiger partial charge in [-0.05, 0) is 12.8 Å². The topological polar surface area (TPSA) is 38.8 Å². The molecule has 1 saturated carbocycles. The lowest BCUT2D eigenvalue weighted by molar-refractivity contribution is -0.189. The van der Waals surface area contributed by atoms with E-state index in [2.05, 4.69) is 6.92 Å². The molecule has 2 heterocycles. The Labute approximate surface area is 109 Å². The smallest absolute Gasteiger partial charge is 0.228 e. The normalized spacial score (nSPS) is 29.9. The molecule has 1 aliphatic carbocycles. The number of rotatable bonds is 1. The van der Waals surface area contributed by atoms with Crippen molar-refractivity contribution in [3.8, 4) is 0 Å². The van der Waals surface area contributed by atoms with Crippen LogP contribution in [-0.4, -0.2) is 42.9 Å². The second-order valence-electron chi connectivity index (χ2n) is 6.17. The third-order valence-corrected chi connectivity index (χ3v) is 4.85. The maximum atomic E-state index is 12.6. The molecule has 0 atom stereocenters. The lowest BCUT2D eigenvalue weighted by Crippen LogP contribution is -2.50. The van der Waals surface area contributed by atoms with Gasteiger partial charge in [0.15, 0.2) is 5.79 Å². The monoisotopic (exact) mass is 253 g/mol. The average Bonchev–Trinajstić information content (AvgIpc) is 3.01. The summed E-state index contributed by atoms with van der Waals surface area (Å²) in [6.45, 7) is 5.11. The minimum atomic E-state index is -0.368. The van der Waals surface area contributed by atoms with E-state index in [9.17, 15) is 4.79 Å². The van der Waals surface area contributed by atoms with Crippen molar-refractivity contribution in [2.24, 2.45) is 5.41 Å². The molecule has 2 aliphatic heterocycles. The van der Waals surface area contributed by atoms with E-state index in [0.29, 0.717) is 19.1 Å². The number of likely N-dealkylation sites (tertiary alicyclic amines) is 1. The minimum absolute atomic E-state index is 0.0953. The van der Waals surface area contributed by atoms with Crippen LogP contribution < -0.4 is 0 Å². The van der Waals surface area contributed by atoms with E-state index >= 15 is 0 Å². The molecule has 0 aromatic heterocycles. The molecule has 1 spiro atoms. The van der Waals surface area contributed by atoms with Gasteiger partial charge in [-0.15, -0.1) is 0 Å². The molecule has 0 aromatic carbocycles. The zero-order valence-corrected chi connectivity index (χ0v) is 11.2. The Morgan fingerprint density at radius 2 is 1.56 bits per heavy atom. The summed E-state index contributed by atoms with van der Waals surface area (Å²) in [5.41, 5.74) is -0.0953. The third-order valence-electron chi connectivity index (χ3n) is 4.85. The Morgan fingerprint density at radius 3 is 2.11 bits per heavy atom. The van der Waals surface area contributed by atoms with E-state index in [0.717, 1.165) is 38.8 Å². The first-order chi connectivity index (χ1) is 8.64. The average molecular weight is 253 g/mol. The van der Waals surface area contributed by atoms with Crippen LogP contribution in [0.1, 0.15) is 45.4 Å². The van der Waals surface area contributed by atoms with Gasteiger partial charge in [0.25, 0.3) is 0 Å². The number of carbonyl (C=O) groups is 1. The Kier molecular flexibility index (Phi) is 3.10. The molecule has 4 heteroatoms. The van der Waals surface area contributed by atoms with Gasteiger partial charge in [-0.2, -0.15) is 0 Å². The van der Waals surface area contributed by atoms with E-state index in [1.54, 1.807) is 0 Å². The van der Waals surface area contributed by atoms with E-state index < -0.39 is 0 Å². The molecule has 0 N–H and O–H groups in total. The first kappa shape index (κ1) is 12.4. The molecule has 1 amide bonds. The number of hydrogen-bond acceptors (Lipinski definition) is 3. The van der Waals surface area contributed by atoms with Crippen LogP contribution in [0.5, 0.6) is 0 Å². The number of nitrogens with zero attached hydrogens (tertiary/aromatic N) is 1. The minimum Gasteiger partial charge on any atom is -0.347 e. The molecule has 0 bridgehead atoms. The Morgan fingerprint density at radius 1 is 1.00 bits per heavy atom. The standard InChI is InChI=1S/C14H23NO3/c1-13(4-2-3-5-13)12(16)15-8-6-14(7-9-15)17-10-11-18-14/h2-11H2,1H3. The summed E-state index contributed by atoms with van der Waals surface area (Å²) in [5.74, 6) is -0.0132. The van der Waals surface area contributed by atoms with Crippen molar-refractivity contribution >= 4 is 5.91 Å². The van der Waals surface area contributed by atoms with Crippen LogP contribution in [0, 0.1) is 5.41 Å². The van der Waals surface area contributed by atoms with Crippen molar-refractivity contribution in [1.29, 1.82) is 0 Å². The van der Waals surface area contributed by atoms with Gasteiger partial charge >= 0.3 is 0 Å². The number of hydrogen-bond donors (Lipinski definition) is 0. The van der Waals surface area contributed by atoms with Gasteiger partial charge in [-0.1, -0.05) is 19.8 Å². The quantitative estimate of drug-likeness (QED) is 0.717. The summed E-state index contributed by atoms with van der Waals surface area (Å²) in [4.78, 5) is 14.6. The van der Waals surface area contributed by atoms with Gasteiger partial charge in [0, 0.05) is 31.3 Å².